The maximum Gasteiger partial charge on any atom is 0.249 e. The molecule has 2 saturated heterocycles. The van der Waals surface area contributed by atoms with E-state index < -0.39 is 0 Å². The van der Waals surface area contributed by atoms with Gasteiger partial charge >= 0.3 is 0 Å². The quantitative estimate of drug-likeness (QED) is 0.499. The highest BCUT2D eigenvalue weighted by Crippen LogP contribution is 2.25. The molecule has 2 aliphatic heterocycles. The van der Waals surface area contributed by atoms with Gasteiger partial charge in [0.15, 0.2) is 6.04 Å². The Bertz CT molecular complexity index is 192. The first-order chi connectivity index (χ1) is 5.29. The van der Waals surface area contributed by atoms with Crippen LogP contribution in [0.2, 0.25) is 0 Å². The van der Waals surface area contributed by atoms with Gasteiger partial charge in [0.05, 0.1) is 6.54 Å². The van der Waals surface area contributed by atoms with Gasteiger partial charge in [-0.15, -0.1) is 0 Å². The SMILES string of the molecule is O=C1NCC(=O)N2CCC[C]12. The molecule has 59 valence electrons. The van der Waals surface area contributed by atoms with Gasteiger partial charge in [-0.1, -0.05) is 0 Å². The summed E-state index contributed by atoms with van der Waals surface area (Å²) in [5.74, 6) is -0.0424. The molecule has 2 aliphatic rings. The van der Waals surface area contributed by atoms with Crippen LogP contribution in [0.25, 0.3) is 0 Å². The maximum atomic E-state index is 11.1. The zero-order chi connectivity index (χ0) is 7.84. The molecule has 2 heterocycles. The predicted octanol–water partition coefficient (Wildman–Crippen LogP) is -0.729. The molecule has 0 aromatic heterocycles. The van der Waals surface area contributed by atoms with E-state index in [4.69, 9.17) is 0 Å². The number of hydrogen-bond donors (Lipinski definition) is 1. The van der Waals surface area contributed by atoms with Crippen molar-refractivity contribution in [3.63, 3.8) is 0 Å². The molecule has 11 heavy (non-hydrogen) atoms. The van der Waals surface area contributed by atoms with E-state index in [1.54, 1.807) is 4.90 Å². The zero-order valence-electron chi connectivity index (χ0n) is 6.09. The van der Waals surface area contributed by atoms with Gasteiger partial charge in [0.2, 0.25) is 11.8 Å². The fourth-order valence-corrected chi connectivity index (χ4v) is 1.54. The molecule has 0 saturated carbocycles. The molecule has 2 amide bonds. The fourth-order valence-electron chi connectivity index (χ4n) is 1.54. The van der Waals surface area contributed by atoms with Crippen molar-refractivity contribution < 1.29 is 9.59 Å². The zero-order valence-corrected chi connectivity index (χ0v) is 6.09. The lowest BCUT2D eigenvalue weighted by molar-refractivity contribution is -0.138. The van der Waals surface area contributed by atoms with Crippen molar-refractivity contribution in [1.29, 1.82) is 0 Å². The topological polar surface area (TPSA) is 49.4 Å². The molecule has 2 fully saturated rings. The summed E-state index contributed by atoms with van der Waals surface area (Å²) in [5, 5.41) is 2.54. The molecule has 0 bridgehead atoms. The van der Waals surface area contributed by atoms with Crippen LogP contribution < -0.4 is 5.32 Å². The third-order valence-electron chi connectivity index (χ3n) is 2.08. The highest BCUT2D eigenvalue weighted by atomic mass is 16.2. The van der Waals surface area contributed by atoms with Crippen LogP contribution in [0.1, 0.15) is 12.8 Å². The van der Waals surface area contributed by atoms with Gasteiger partial charge in [-0.05, 0) is 12.8 Å². The number of carbonyl (C=O) groups excluding carboxylic acids is 2. The number of piperazine rings is 1. The Labute approximate surface area is 64.5 Å². The Balaban J connectivity index is 2.20. The van der Waals surface area contributed by atoms with E-state index in [2.05, 4.69) is 5.32 Å². The summed E-state index contributed by atoms with van der Waals surface area (Å²) in [6, 6.07) is 0.654. The molecular weight excluding hydrogens is 144 g/mol. The minimum Gasteiger partial charge on any atom is -0.345 e. The summed E-state index contributed by atoms with van der Waals surface area (Å²) < 4.78 is 0. The van der Waals surface area contributed by atoms with E-state index >= 15 is 0 Å². The first-order valence-corrected chi connectivity index (χ1v) is 3.73. The summed E-state index contributed by atoms with van der Waals surface area (Å²) in [5.41, 5.74) is 0. The molecule has 1 N–H and O–H groups in total. The van der Waals surface area contributed by atoms with Crippen LogP contribution in [-0.4, -0.2) is 29.8 Å². The summed E-state index contributed by atoms with van der Waals surface area (Å²) in [6.07, 6.45) is 1.67. The predicted molar refractivity (Wildman–Crippen MR) is 37.2 cm³/mol. The molecule has 4 nitrogen and oxygen atoms in total. The van der Waals surface area contributed by atoms with Crippen LogP contribution in [0, 0.1) is 6.04 Å². The summed E-state index contributed by atoms with van der Waals surface area (Å²) in [7, 11) is 0. The molecule has 0 spiro atoms. The lowest BCUT2D eigenvalue weighted by Gasteiger charge is -2.27. The third-order valence-corrected chi connectivity index (χ3v) is 2.08. The second-order valence-electron chi connectivity index (χ2n) is 2.78. The van der Waals surface area contributed by atoms with Crippen molar-refractivity contribution in [3.8, 4) is 0 Å². The molecular formula is C7H9N2O2. The van der Waals surface area contributed by atoms with Crippen molar-refractivity contribution >= 4 is 11.8 Å². The van der Waals surface area contributed by atoms with E-state index in [0.29, 0.717) is 6.04 Å². The Morgan fingerprint density at radius 3 is 2.91 bits per heavy atom. The lowest BCUT2D eigenvalue weighted by Crippen LogP contribution is -2.50. The summed E-state index contributed by atoms with van der Waals surface area (Å²) in [4.78, 5) is 23.8. The molecule has 1 radical (unpaired) electrons. The van der Waals surface area contributed by atoms with Crippen molar-refractivity contribution in [3.05, 3.63) is 6.04 Å². The first-order valence-electron chi connectivity index (χ1n) is 3.73. The normalized spacial score (nSPS) is 25.3. The van der Waals surface area contributed by atoms with E-state index in [9.17, 15) is 9.59 Å². The number of nitrogens with zero attached hydrogens (tertiary/aromatic N) is 1. The van der Waals surface area contributed by atoms with E-state index in [-0.39, 0.29) is 18.4 Å². The molecule has 0 aliphatic carbocycles. The first kappa shape index (κ1) is 6.64. The minimum atomic E-state index is -0.0675. The van der Waals surface area contributed by atoms with Crippen LogP contribution in [0.3, 0.4) is 0 Å². The average molecular weight is 153 g/mol. The Morgan fingerprint density at radius 1 is 1.36 bits per heavy atom. The number of nitrogens with one attached hydrogen (secondary N) is 1. The van der Waals surface area contributed by atoms with Gasteiger partial charge in [0.25, 0.3) is 0 Å². The van der Waals surface area contributed by atoms with Crippen LogP contribution in [-0.2, 0) is 9.59 Å². The van der Waals surface area contributed by atoms with Crippen LogP contribution in [0.15, 0.2) is 0 Å². The molecule has 0 unspecified atom stereocenters. The molecule has 0 aromatic carbocycles. The van der Waals surface area contributed by atoms with Crippen molar-refractivity contribution in [2.24, 2.45) is 0 Å². The number of hydrogen-bond acceptors (Lipinski definition) is 2. The standard InChI is InChI=1S/C7H9N2O2/c10-6-4-8-7(11)5-2-1-3-9(5)6/h1-4H2,(H,8,11). The van der Waals surface area contributed by atoms with E-state index in [0.717, 1.165) is 19.4 Å². The minimum absolute atomic E-state index is 0.0251. The van der Waals surface area contributed by atoms with E-state index in [1.807, 2.05) is 0 Å². The van der Waals surface area contributed by atoms with Crippen LogP contribution in [0.4, 0.5) is 0 Å². The van der Waals surface area contributed by atoms with Crippen molar-refractivity contribution in [1.82, 2.24) is 10.2 Å². The monoisotopic (exact) mass is 153 g/mol. The number of carbonyl (C=O) groups is 2. The largest absolute Gasteiger partial charge is 0.345 e. The highest BCUT2D eigenvalue weighted by molar-refractivity contribution is 6.00. The van der Waals surface area contributed by atoms with Crippen LogP contribution >= 0.6 is 0 Å². The second-order valence-corrected chi connectivity index (χ2v) is 2.78. The van der Waals surface area contributed by atoms with Crippen molar-refractivity contribution in [2.75, 3.05) is 13.1 Å². The third kappa shape index (κ3) is 0.895. The maximum absolute atomic E-state index is 11.1. The Kier molecular flexibility index (Phi) is 1.34. The molecule has 0 atom stereocenters. The molecule has 0 aromatic rings. The number of rotatable bonds is 0. The lowest BCUT2D eigenvalue weighted by atomic mass is 10.2. The van der Waals surface area contributed by atoms with Crippen LogP contribution in [0.5, 0.6) is 0 Å². The summed E-state index contributed by atoms with van der Waals surface area (Å²) >= 11 is 0. The average Bonchev–Trinajstić information content (AvgIpc) is 2.45. The molecule has 2 rings (SSSR count). The van der Waals surface area contributed by atoms with Gasteiger partial charge in [0.1, 0.15) is 0 Å². The smallest absolute Gasteiger partial charge is 0.249 e. The van der Waals surface area contributed by atoms with E-state index in [1.165, 1.54) is 0 Å². The van der Waals surface area contributed by atoms with Crippen molar-refractivity contribution in [2.45, 2.75) is 12.8 Å². The highest BCUT2D eigenvalue weighted by Gasteiger charge is 2.38. The van der Waals surface area contributed by atoms with Gasteiger partial charge in [-0.2, -0.15) is 0 Å². The van der Waals surface area contributed by atoms with Gasteiger partial charge < -0.3 is 10.2 Å². The van der Waals surface area contributed by atoms with Gasteiger partial charge in [-0.3, -0.25) is 9.59 Å². The molecule has 4 heteroatoms. The second kappa shape index (κ2) is 2.22. The summed E-state index contributed by atoms with van der Waals surface area (Å²) in [6.45, 7) is 0.893. The Hall–Kier alpha value is -1.06. The van der Waals surface area contributed by atoms with Gasteiger partial charge in [0, 0.05) is 6.54 Å². The Morgan fingerprint density at radius 2 is 2.18 bits per heavy atom. The fraction of sp³-hybridized carbons (Fsp3) is 0.571. The van der Waals surface area contributed by atoms with Gasteiger partial charge in [-0.25, -0.2) is 0 Å². The number of amides is 2. The number of fused-ring (bicyclic) bond motifs is 1.